The van der Waals surface area contributed by atoms with Crippen LogP contribution in [0.4, 0.5) is 0 Å². The summed E-state index contributed by atoms with van der Waals surface area (Å²) in [5.74, 6) is 0. The summed E-state index contributed by atoms with van der Waals surface area (Å²) >= 11 is 0. The topological polar surface area (TPSA) is 34.6 Å². The first kappa shape index (κ1) is 14.7. The summed E-state index contributed by atoms with van der Waals surface area (Å²) in [5, 5.41) is 0. The van der Waals surface area contributed by atoms with Crippen LogP contribution in [0, 0.1) is 6.92 Å². The Morgan fingerprint density at radius 1 is 1.52 bits per heavy atom. The van der Waals surface area contributed by atoms with E-state index in [4.69, 9.17) is 9.47 Å². The monoisotopic (exact) mass is 288 g/mol. The van der Waals surface area contributed by atoms with E-state index < -0.39 is 0 Å². The fourth-order valence-electron chi connectivity index (χ4n) is 3.42. The number of pyridine rings is 1. The predicted octanol–water partition coefficient (Wildman–Crippen LogP) is 2.32. The molecule has 2 aliphatic heterocycles. The van der Waals surface area contributed by atoms with Gasteiger partial charge in [0, 0.05) is 31.4 Å². The summed E-state index contributed by atoms with van der Waals surface area (Å²) in [6, 6.07) is 6.67. The van der Waals surface area contributed by atoms with Crippen molar-refractivity contribution in [2.75, 3.05) is 19.8 Å². The molecule has 4 nitrogen and oxygen atoms in total. The summed E-state index contributed by atoms with van der Waals surface area (Å²) in [5.41, 5.74) is 2.20. The Morgan fingerprint density at radius 3 is 3.24 bits per heavy atom. The van der Waals surface area contributed by atoms with Crippen LogP contribution in [0.1, 0.15) is 24.2 Å². The van der Waals surface area contributed by atoms with Crippen LogP contribution in [0.2, 0.25) is 0 Å². The minimum absolute atomic E-state index is 0.151. The third-order valence-corrected chi connectivity index (χ3v) is 4.32. The van der Waals surface area contributed by atoms with Gasteiger partial charge in [-0.1, -0.05) is 12.1 Å². The molecule has 0 bridgehead atoms. The number of hydrogen-bond donors (Lipinski definition) is 0. The van der Waals surface area contributed by atoms with Crippen LogP contribution in [-0.2, 0) is 16.0 Å². The molecule has 0 unspecified atom stereocenters. The van der Waals surface area contributed by atoms with Crippen molar-refractivity contribution in [1.82, 2.24) is 9.88 Å². The average molecular weight is 288 g/mol. The first-order valence-corrected chi connectivity index (χ1v) is 7.78. The molecule has 3 rings (SSSR count). The van der Waals surface area contributed by atoms with E-state index in [0.717, 1.165) is 37.5 Å². The minimum atomic E-state index is 0.151. The van der Waals surface area contributed by atoms with E-state index in [2.05, 4.69) is 28.6 Å². The van der Waals surface area contributed by atoms with Crippen molar-refractivity contribution in [3.05, 3.63) is 42.2 Å². The van der Waals surface area contributed by atoms with Crippen molar-refractivity contribution in [2.45, 2.75) is 44.6 Å². The highest BCUT2D eigenvalue weighted by atomic mass is 16.5. The molecule has 0 N–H and O–H groups in total. The van der Waals surface area contributed by atoms with Gasteiger partial charge in [0.15, 0.2) is 0 Å². The molecule has 114 valence electrons. The fraction of sp³-hybridized carbons (Fsp3) is 0.588. The van der Waals surface area contributed by atoms with E-state index in [0.29, 0.717) is 12.6 Å². The second-order valence-electron chi connectivity index (χ2n) is 5.91. The third-order valence-electron chi connectivity index (χ3n) is 4.32. The summed E-state index contributed by atoms with van der Waals surface area (Å²) < 4.78 is 11.9. The van der Waals surface area contributed by atoms with Crippen molar-refractivity contribution in [2.24, 2.45) is 0 Å². The molecule has 0 aromatic carbocycles. The third kappa shape index (κ3) is 3.34. The van der Waals surface area contributed by atoms with Gasteiger partial charge in [-0.3, -0.25) is 9.88 Å². The first-order chi connectivity index (χ1) is 10.3. The van der Waals surface area contributed by atoms with Crippen molar-refractivity contribution < 1.29 is 9.47 Å². The molecule has 0 radical (unpaired) electrons. The normalized spacial score (nSPS) is 29.3. The molecule has 0 saturated carbocycles. The first-order valence-electron chi connectivity index (χ1n) is 7.78. The lowest BCUT2D eigenvalue weighted by Gasteiger charge is -2.32. The highest BCUT2D eigenvalue weighted by molar-refractivity contribution is 5.11. The summed E-state index contributed by atoms with van der Waals surface area (Å²) in [6.07, 6.45) is 4.47. The van der Waals surface area contributed by atoms with Crippen LogP contribution in [0.25, 0.3) is 0 Å². The molecule has 2 fully saturated rings. The van der Waals surface area contributed by atoms with Crippen LogP contribution in [0.3, 0.4) is 0 Å². The Labute approximate surface area is 126 Å². The molecule has 21 heavy (non-hydrogen) atoms. The summed E-state index contributed by atoms with van der Waals surface area (Å²) in [4.78, 5) is 7.09. The Morgan fingerprint density at radius 2 is 2.43 bits per heavy atom. The number of ether oxygens (including phenoxy) is 2. The Kier molecular flexibility index (Phi) is 4.68. The van der Waals surface area contributed by atoms with Crippen LogP contribution >= 0.6 is 0 Å². The minimum Gasteiger partial charge on any atom is -0.374 e. The van der Waals surface area contributed by atoms with Crippen LogP contribution < -0.4 is 0 Å². The molecule has 1 aromatic rings. The lowest BCUT2D eigenvalue weighted by Crippen LogP contribution is -2.41. The smallest absolute Gasteiger partial charge is 0.100 e. The molecular formula is C17H24N2O2. The van der Waals surface area contributed by atoms with E-state index >= 15 is 0 Å². The molecule has 0 amide bonds. The lowest BCUT2D eigenvalue weighted by molar-refractivity contribution is -0.0721. The van der Waals surface area contributed by atoms with Crippen molar-refractivity contribution >= 4 is 0 Å². The SMILES string of the molecule is C=CCO[C@H]1CN(Cc2cccc(C)n2)[C@@H]2CCCO[C@H]12. The van der Waals surface area contributed by atoms with Gasteiger partial charge in [0.25, 0.3) is 0 Å². The van der Waals surface area contributed by atoms with Gasteiger partial charge in [-0.15, -0.1) is 6.58 Å². The standard InChI is InChI=1S/C17H24N2O2/c1-3-9-20-16-12-19(15-8-5-10-21-17(15)16)11-14-7-4-6-13(2)18-14/h3-4,6-7,15-17H,1,5,8-12H2,2H3/t15-,16+,17+/m1/s1. The number of likely N-dealkylation sites (tertiary alicyclic amines) is 1. The largest absolute Gasteiger partial charge is 0.374 e. The lowest BCUT2D eigenvalue weighted by atomic mass is 10.0. The van der Waals surface area contributed by atoms with E-state index in [1.54, 1.807) is 0 Å². The second kappa shape index (κ2) is 6.69. The number of rotatable bonds is 5. The molecule has 3 heterocycles. The van der Waals surface area contributed by atoms with E-state index in [9.17, 15) is 0 Å². The fourth-order valence-corrected chi connectivity index (χ4v) is 3.42. The van der Waals surface area contributed by atoms with Gasteiger partial charge >= 0.3 is 0 Å². The van der Waals surface area contributed by atoms with Crippen LogP contribution in [-0.4, -0.2) is 47.9 Å². The maximum atomic E-state index is 5.98. The number of nitrogens with zero attached hydrogens (tertiary/aromatic N) is 2. The van der Waals surface area contributed by atoms with Crippen LogP contribution in [0.5, 0.6) is 0 Å². The second-order valence-corrected chi connectivity index (χ2v) is 5.91. The van der Waals surface area contributed by atoms with Gasteiger partial charge in [0.1, 0.15) is 6.10 Å². The Balaban J connectivity index is 1.70. The molecule has 0 aliphatic carbocycles. The van der Waals surface area contributed by atoms with Crippen molar-refractivity contribution in [3.63, 3.8) is 0 Å². The van der Waals surface area contributed by atoms with Gasteiger partial charge in [-0.05, 0) is 31.9 Å². The molecule has 4 heteroatoms. The molecule has 2 aliphatic rings. The Hall–Kier alpha value is -1.23. The predicted molar refractivity (Wildman–Crippen MR) is 82.1 cm³/mol. The molecule has 0 spiro atoms. The average Bonchev–Trinajstić information content (AvgIpc) is 2.84. The molecular weight excluding hydrogens is 264 g/mol. The number of fused-ring (bicyclic) bond motifs is 1. The molecule has 2 saturated heterocycles. The summed E-state index contributed by atoms with van der Waals surface area (Å²) in [6.45, 7) is 9.00. The Bertz CT molecular complexity index is 491. The zero-order valence-corrected chi connectivity index (χ0v) is 12.7. The van der Waals surface area contributed by atoms with E-state index in [-0.39, 0.29) is 12.2 Å². The highest BCUT2D eigenvalue weighted by Crippen LogP contribution is 2.31. The maximum absolute atomic E-state index is 5.98. The van der Waals surface area contributed by atoms with Crippen LogP contribution in [0.15, 0.2) is 30.9 Å². The van der Waals surface area contributed by atoms with Gasteiger partial charge < -0.3 is 9.47 Å². The quantitative estimate of drug-likeness (QED) is 0.779. The van der Waals surface area contributed by atoms with Gasteiger partial charge in [-0.2, -0.15) is 0 Å². The number of aromatic nitrogens is 1. The number of hydrogen-bond acceptors (Lipinski definition) is 4. The van der Waals surface area contributed by atoms with Gasteiger partial charge in [-0.25, -0.2) is 0 Å². The van der Waals surface area contributed by atoms with Gasteiger partial charge in [0.05, 0.1) is 18.4 Å². The van der Waals surface area contributed by atoms with Crippen molar-refractivity contribution in [1.29, 1.82) is 0 Å². The van der Waals surface area contributed by atoms with E-state index in [1.807, 2.05) is 19.1 Å². The highest BCUT2D eigenvalue weighted by Gasteiger charge is 2.44. The zero-order chi connectivity index (χ0) is 14.7. The van der Waals surface area contributed by atoms with Gasteiger partial charge in [0.2, 0.25) is 0 Å². The molecule has 1 aromatic heterocycles. The maximum Gasteiger partial charge on any atom is 0.100 e. The summed E-state index contributed by atoms with van der Waals surface area (Å²) in [7, 11) is 0. The molecule has 3 atom stereocenters. The zero-order valence-electron chi connectivity index (χ0n) is 12.7. The number of aryl methyl sites for hydroxylation is 1. The van der Waals surface area contributed by atoms with Crippen molar-refractivity contribution in [3.8, 4) is 0 Å². The van der Waals surface area contributed by atoms with E-state index in [1.165, 1.54) is 6.42 Å².